The second-order valence-electron chi connectivity index (χ2n) is 6.34. The third-order valence-electron chi connectivity index (χ3n) is 4.23. The quantitative estimate of drug-likeness (QED) is 0.220. The fourth-order valence-electron chi connectivity index (χ4n) is 2.72. The van der Waals surface area contributed by atoms with Crippen LogP contribution >= 0.6 is 0 Å². The Balaban J connectivity index is 2.03. The SMILES string of the molecule is CC(=Nc1ccccc1N)c1c(O)c(C(=O)C=Cc2ccc(O)cc2)c(O)oc1=O. The third-order valence-corrected chi connectivity index (χ3v) is 4.23. The molecule has 0 bridgehead atoms. The average molecular weight is 406 g/mol. The number of aliphatic imine (C=N–C) groups is 1. The Morgan fingerprint density at radius 1 is 1.03 bits per heavy atom. The van der Waals surface area contributed by atoms with Gasteiger partial charge in [-0.3, -0.25) is 9.79 Å². The van der Waals surface area contributed by atoms with E-state index in [1.807, 2.05) is 0 Å². The maximum Gasteiger partial charge on any atom is 0.351 e. The number of nitrogens with zero attached hydrogens (tertiary/aromatic N) is 1. The van der Waals surface area contributed by atoms with Crippen LogP contribution in [0.25, 0.3) is 6.08 Å². The molecule has 0 saturated carbocycles. The molecule has 3 aromatic rings. The molecular weight excluding hydrogens is 388 g/mol. The second-order valence-corrected chi connectivity index (χ2v) is 6.34. The highest BCUT2D eigenvalue weighted by molar-refractivity contribution is 6.13. The molecule has 0 radical (unpaired) electrons. The van der Waals surface area contributed by atoms with Gasteiger partial charge in [0.2, 0.25) is 0 Å². The molecule has 0 fully saturated rings. The number of nitrogens with two attached hydrogens (primary N) is 1. The van der Waals surface area contributed by atoms with Gasteiger partial charge in [0.25, 0.3) is 5.95 Å². The monoisotopic (exact) mass is 406 g/mol. The molecule has 1 heterocycles. The molecule has 152 valence electrons. The van der Waals surface area contributed by atoms with E-state index in [4.69, 9.17) is 10.2 Å². The number of allylic oxidation sites excluding steroid dienone is 1. The summed E-state index contributed by atoms with van der Waals surface area (Å²) < 4.78 is 4.74. The molecule has 0 unspecified atom stereocenters. The van der Waals surface area contributed by atoms with Gasteiger partial charge in [0.05, 0.1) is 17.1 Å². The summed E-state index contributed by atoms with van der Waals surface area (Å²) in [5, 5.41) is 29.8. The van der Waals surface area contributed by atoms with Crippen molar-refractivity contribution >= 4 is 28.9 Å². The zero-order valence-electron chi connectivity index (χ0n) is 15.9. The highest BCUT2D eigenvalue weighted by Crippen LogP contribution is 2.31. The number of phenolic OH excluding ortho intramolecular Hbond substituents is 1. The van der Waals surface area contributed by atoms with E-state index in [2.05, 4.69) is 4.99 Å². The fourth-order valence-corrected chi connectivity index (χ4v) is 2.72. The molecule has 0 atom stereocenters. The van der Waals surface area contributed by atoms with Crippen LogP contribution in [0.2, 0.25) is 0 Å². The summed E-state index contributed by atoms with van der Waals surface area (Å²) in [5.41, 5.74) is 5.21. The molecule has 30 heavy (non-hydrogen) atoms. The lowest BCUT2D eigenvalue weighted by molar-refractivity contribution is 0.103. The van der Waals surface area contributed by atoms with E-state index < -0.39 is 28.7 Å². The van der Waals surface area contributed by atoms with Crippen LogP contribution in [0.3, 0.4) is 0 Å². The molecule has 3 rings (SSSR count). The van der Waals surface area contributed by atoms with Crippen LogP contribution in [0.4, 0.5) is 11.4 Å². The normalized spacial score (nSPS) is 11.7. The van der Waals surface area contributed by atoms with E-state index in [0.717, 1.165) is 6.08 Å². The van der Waals surface area contributed by atoms with Crippen molar-refractivity contribution in [3.8, 4) is 17.4 Å². The topological polar surface area (TPSA) is 146 Å². The smallest absolute Gasteiger partial charge is 0.351 e. The zero-order valence-corrected chi connectivity index (χ0v) is 15.9. The number of aromatic hydroxyl groups is 3. The molecule has 0 aliphatic heterocycles. The third kappa shape index (κ3) is 4.22. The molecule has 0 aliphatic rings. The van der Waals surface area contributed by atoms with Crippen molar-refractivity contribution in [1.29, 1.82) is 0 Å². The maximum absolute atomic E-state index is 12.5. The van der Waals surface area contributed by atoms with Crippen LogP contribution in [0, 0.1) is 0 Å². The van der Waals surface area contributed by atoms with Gasteiger partial charge in [0.1, 0.15) is 22.6 Å². The van der Waals surface area contributed by atoms with Gasteiger partial charge in [-0.05, 0) is 42.8 Å². The Bertz CT molecular complexity index is 1220. The van der Waals surface area contributed by atoms with Crippen LogP contribution in [0.1, 0.15) is 28.4 Å². The average Bonchev–Trinajstić information content (AvgIpc) is 2.69. The molecular formula is C22H18N2O6. The van der Waals surface area contributed by atoms with Crippen molar-refractivity contribution in [3.05, 3.63) is 81.7 Å². The number of para-hydroxylation sites is 2. The first-order valence-electron chi connectivity index (χ1n) is 8.78. The first kappa shape index (κ1) is 20.4. The van der Waals surface area contributed by atoms with E-state index >= 15 is 0 Å². The van der Waals surface area contributed by atoms with E-state index in [0.29, 0.717) is 16.9 Å². The number of carbonyl (C=O) groups is 1. The molecule has 0 aliphatic carbocycles. The Hall–Kier alpha value is -4.33. The van der Waals surface area contributed by atoms with Gasteiger partial charge in [0.15, 0.2) is 5.78 Å². The maximum atomic E-state index is 12.5. The summed E-state index contributed by atoms with van der Waals surface area (Å²) in [4.78, 5) is 29.0. The fraction of sp³-hybridized carbons (Fsp3) is 0.0455. The highest BCUT2D eigenvalue weighted by atomic mass is 16.5. The lowest BCUT2D eigenvalue weighted by atomic mass is 10.0. The molecule has 2 aromatic carbocycles. The van der Waals surface area contributed by atoms with Crippen molar-refractivity contribution in [2.24, 2.45) is 4.99 Å². The summed E-state index contributed by atoms with van der Waals surface area (Å²) in [6.45, 7) is 1.44. The van der Waals surface area contributed by atoms with Gasteiger partial charge in [0, 0.05) is 0 Å². The lowest BCUT2D eigenvalue weighted by Crippen LogP contribution is -2.15. The minimum absolute atomic E-state index is 0.0516. The van der Waals surface area contributed by atoms with Crippen LogP contribution in [-0.4, -0.2) is 26.8 Å². The second kappa shape index (κ2) is 8.36. The van der Waals surface area contributed by atoms with E-state index in [9.17, 15) is 24.9 Å². The Morgan fingerprint density at radius 3 is 2.37 bits per heavy atom. The summed E-state index contributed by atoms with van der Waals surface area (Å²) >= 11 is 0. The predicted octanol–water partition coefficient (Wildman–Crippen LogP) is 3.38. The van der Waals surface area contributed by atoms with Crippen LogP contribution in [-0.2, 0) is 0 Å². The van der Waals surface area contributed by atoms with Gasteiger partial charge < -0.3 is 25.5 Å². The van der Waals surface area contributed by atoms with E-state index in [-0.39, 0.29) is 17.0 Å². The minimum Gasteiger partial charge on any atom is -0.508 e. The number of benzene rings is 2. The number of hydrogen-bond acceptors (Lipinski definition) is 8. The van der Waals surface area contributed by atoms with Crippen molar-refractivity contribution in [1.82, 2.24) is 0 Å². The van der Waals surface area contributed by atoms with Crippen molar-refractivity contribution in [2.45, 2.75) is 6.92 Å². The Labute approximate surface area is 170 Å². The van der Waals surface area contributed by atoms with Gasteiger partial charge in [-0.1, -0.05) is 30.3 Å². The molecule has 0 amide bonds. The zero-order chi connectivity index (χ0) is 21.8. The molecule has 0 saturated heterocycles. The number of ketones is 1. The number of anilines is 1. The van der Waals surface area contributed by atoms with Gasteiger partial charge in [-0.15, -0.1) is 0 Å². The molecule has 8 nitrogen and oxygen atoms in total. The number of carbonyl (C=O) groups excluding carboxylic acids is 1. The van der Waals surface area contributed by atoms with Crippen LogP contribution < -0.4 is 11.4 Å². The standard InChI is InChI=1S/C22H18N2O6/c1-12(24-16-5-3-2-4-15(16)23)18-20(27)19(22(29)30-21(18)28)17(26)11-8-13-6-9-14(25)10-7-13/h2-11,25,27,29H,23H2,1H3. The lowest BCUT2D eigenvalue weighted by Gasteiger charge is -2.08. The van der Waals surface area contributed by atoms with Crippen molar-refractivity contribution in [2.75, 3.05) is 5.73 Å². The van der Waals surface area contributed by atoms with E-state index in [1.54, 1.807) is 36.4 Å². The summed E-state index contributed by atoms with van der Waals surface area (Å²) in [7, 11) is 0. The largest absolute Gasteiger partial charge is 0.508 e. The molecule has 0 spiro atoms. The highest BCUT2D eigenvalue weighted by Gasteiger charge is 2.25. The Morgan fingerprint density at radius 2 is 1.70 bits per heavy atom. The number of phenols is 1. The van der Waals surface area contributed by atoms with Crippen LogP contribution in [0.15, 0.2) is 68.8 Å². The van der Waals surface area contributed by atoms with Crippen molar-refractivity contribution < 1.29 is 24.5 Å². The number of nitrogen functional groups attached to an aromatic ring is 1. The minimum atomic E-state index is -1.06. The summed E-state index contributed by atoms with van der Waals surface area (Å²) in [5.74, 6) is -2.49. The van der Waals surface area contributed by atoms with Gasteiger partial charge in [-0.25, -0.2) is 4.79 Å². The first-order chi connectivity index (χ1) is 14.3. The molecule has 1 aromatic heterocycles. The predicted molar refractivity (Wildman–Crippen MR) is 113 cm³/mol. The Kier molecular flexibility index (Phi) is 5.68. The van der Waals surface area contributed by atoms with Gasteiger partial charge in [-0.2, -0.15) is 0 Å². The first-order valence-corrected chi connectivity index (χ1v) is 8.78. The van der Waals surface area contributed by atoms with E-state index in [1.165, 1.54) is 25.1 Å². The summed E-state index contributed by atoms with van der Waals surface area (Å²) in [6.07, 6.45) is 2.50. The summed E-state index contributed by atoms with van der Waals surface area (Å²) in [6, 6.07) is 12.7. The van der Waals surface area contributed by atoms with Crippen molar-refractivity contribution in [3.63, 3.8) is 0 Å². The van der Waals surface area contributed by atoms with Gasteiger partial charge >= 0.3 is 5.63 Å². The molecule has 5 N–H and O–H groups in total. The van der Waals surface area contributed by atoms with Crippen LogP contribution in [0.5, 0.6) is 17.4 Å². The number of hydrogen-bond donors (Lipinski definition) is 4. The molecule has 8 heteroatoms. The number of rotatable bonds is 5.